The fraction of sp³-hybridized carbons (Fsp3) is 0.538. The molecule has 0 aliphatic carbocycles. The SMILES string of the molecule is Cl.OCC1(Cc2ccccc2)CCCNC1. The van der Waals surface area contributed by atoms with Crippen molar-refractivity contribution < 1.29 is 5.11 Å². The van der Waals surface area contributed by atoms with Gasteiger partial charge in [0.1, 0.15) is 0 Å². The van der Waals surface area contributed by atoms with Gasteiger partial charge in [-0.05, 0) is 31.4 Å². The van der Waals surface area contributed by atoms with E-state index in [9.17, 15) is 5.11 Å². The number of benzene rings is 1. The Morgan fingerprint density at radius 2 is 2.00 bits per heavy atom. The summed E-state index contributed by atoms with van der Waals surface area (Å²) >= 11 is 0. The van der Waals surface area contributed by atoms with Crippen molar-refractivity contribution in [3.8, 4) is 0 Å². The van der Waals surface area contributed by atoms with Crippen LogP contribution in [0.4, 0.5) is 0 Å². The molecule has 0 amide bonds. The van der Waals surface area contributed by atoms with Crippen LogP contribution in [0.15, 0.2) is 30.3 Å². The monoisotopic (exact) mass is 241 g/mol. The fourth-order valence-corrected chi connectivity index (χ4v) is 2.40. The van der Waals surface area contributed by atoms with Crippen LogP contribution in [0.5, 0.6) is 0 Å². The molecule has 1 fully saturated rings. The molecular formula is C13H20ClNO. The molecular weight excluding hydrogens is 222 g/mol. The van der Waals surface area contributed by atoms with Gasteiger partial charge in [-0.2, -0.15) is 0 Å². The molecule has 0 radical (unpaired) electrons. The van der Waals surface area contributed by atoms with E-state index in [0.717, 1.165) is 25.9 Å². The molecule has 1 saturated heterocycles. The Morgan fingerprint density at radius 1 is 1.25 bits per heavy atom. The van der Waals surface area contributed by atoms with E-state index in [-0.39, 0.29) is 24.4 Å². The summed E-state index contributed by atoms with van der Waals surface area (Å²) in [7, 11) is 0. The summed E-state index contributed by atoms with van der Waals surface area (Å²) in [4.78, 5) is 0. The third-order valence-corrected chi connectivity index (χ3v) is 3.32. The summed E-state index contributed by atoms with van der Waals surface area (Å²) in [6.07, 6.45) is 3.29. The second-order valence-corrected chi connectivity index (χ2v) is 4.60. The Kier molecular flexibility index (Phi) is 5.26. The van der Waals surface area contributed by atoms with E-state index < -0.39 is 0 Å². The molecule has 90 valence electrons. The van der Waals surface area contributed by atoms with Crippen molar-refractivity contribution >= 4 is 12.4 Å². The Hall–Kier alpha value is -0.570. The number of aliphatic hydroxyl groups is 1. The first-order valence-electron chi connectivity index (χ1n) is 5.70. The molecule has 0 aromatic heterocycles. The molecule has 3 heteroatoms. The van der Waals surface area contributed by atoms with Crippen LogP contribution >= 0.6 is 12.4 Å². The van der Waals surface area contributed by atoms with Crippen molar-refractivity contribution in [1.29, 1.82) is 0 Å². The zero-order valence-electron chi connectivity index (χ0n) is 9.48. The molecule has 0 spiro atoms. The highest BCUT2D eigenvalue weighted by molar-refractivity contribution is 5.85. The topological polar surface area (TPSA) is 32.3 Å². The number of aliphatic hydroxyl groups excluding tert-OH is 1. The minimum absolute atomic E-state index is 0. The van der Waals surface area contributed by atoms with Crippen LogP contribution in [0.3, 0.4) is 0 Å². The average molecular weight is 242 g/mol. The van der Waals surface area contributed by atoms with E-state index in [1.54, 1.807) is 0 Å². The summed E-state index contributed by atoms with van der Waals surface area (Å²) in [5.74, 6) is 0. The van der Waals surface area contributed by atoms with Crippen LogP contribution in [0, 0.1) is 5.41 Å². The predicted octanol–water partition coefficient (Wildman–Crippen LogP) is 2.01. The zero-order chi connectivity index (χ0) is 10.6. The second kappa shape index (κ2) is 6.24. The van der Waals surface area contributed by atoms with Crippen LogP contribution in [-0.4, -0.2) is 24.8 Å². The van der Waals surface area contributed by atoms with Crippen molar-refractivity contribution in [3.05, 3.63) is 35.9 Å². The number of hydrogen-bond acceptors (Lipinski definition) is 2. The molecule has 0 saturated carbocycles. The van der Waals surface area contributed by atoms with E-state index in [2.05, 4.69) is 29.6 Å². The van der Waals surface area contributed by atoms with Crippen molar-refractivity contribution in [2.75, 3.05) is 19.7 Å². The quantitative estimate of drug-likeness (QED) is 0.849. The highest BCUT2D eigenvalue weighted by atomic mass is 35.5. The Morgan fingerprint density at radius 3 is 2.56 bits per heavy atom. The summed E-state index contributed by atoms with van der Waals surface area (Å²) in [6.45, 7) is 2.32. The Balaban J connectivity index is 0.00000128. The summed E-state index contributed by atoms with van der Waals surface area (Å²) < 4.78 is 0. The van der Waals surface area contributed by atoms with Crippen molar-refractivity contribution in [3.63, 3.8) is 0 Å². The van der Waals surface area contributed by atoms with Gasteiger partial charge in [-0.15, -0.1) is 12.4 Å². The maximum atomic E-state index is 9.56. The van der Waals surface area contributed by atoms with Gasteiger partial charge in [-0.3, -0.25) is 0 Å². The van der Waals surface area contributed by atoms with Crippen LogP contribution < -0.4 is 5.32 Å². The van der Waals surface area contributed by atoms with Gasteiger partial charge < -0.3 is 10.4 Å². The minimum atomic E-state index is 0. The summed E-state index contributed by atoms with van der Waals surface area (Å²) in [5, 5.41) is 12.9. The number of nitrogens with one attached hydrogen (secondary N) is 1. The van der Waals surface area contributed by atoms with Crippen LogP contribution in [0.2, 0.25) is 0 Å². The van der Waals surface area contributed by atoms with Crippen molar-refractivity contribution in [2.45, 2.75) is 19.3 Å². The first-order valence-corrected chi connectivity index (χ1v) is 5.70. The van der Waals surface area contributed by atoms with Crippen LogP contribution in [0.25, 0.3) is 0 Å². The molecule has 1 aromatic carbocycles. The summed E-state index contributed by atoms with van der Waals surface area (Å²) in [6, 6.07) is 10.5. The first-order chi connectivity index (χ1) is 7.35. The lowest BCUT2D eigenvalue weighted by molar-refractivity contribution is 0.0948. The van der Waals surface area contributed by atoms with E-state index in [0.29, 0.717) is 0 Å². The smallest absolute Gasteiger partial charge is 0.0502 e. The highest BCUT2D eigenvalue weighted by Gasteiger charge is 2.31. The van der Waals surface area contributed by atoms with E-state index in [1.807, 2.05) is 6.07 Å². The van der Waals surface area contributed by atoms with Gasteiger partial charge in [-0.25, -0.2) is 0 Å². The van der Waals surface area contributed by atoms with Crippen molar-refractivity contribution in [2.24, 2.45) is 5.41 Å². The molecule has 1 atom stereocenters. The largest absolute Gasteiger partial charge is 0.396 e. The minimum Gasteiger partial charge on any atom is -0.396 e. The van der Waals surface area contributed by atoms with Gasteiger partial charge in [0, 0.05) is 12.0 Å². The molecule has 16 heavy (non-hydrogen) atoms. The Labute approximate surface area is 103 Å². The van der Waals surface area contributed by atoms with E-state index in [4.69, 9.17) is 0 Å². The highest BCUT2D eigenvalue weighted by Crippen LogP contribution is 2.29. The third kappa shape index (κ3) is 3.21. The molecule has 1 unspecified atom stereocenters. The van der Waals surface area contributed by atoms with Gasteiger partial charge in [-0.1, -0.05) is 30.3 Å². The molecule has 1 aromatic rings. The van der Waals surface area contributed by atoms with E-state index >= 15 is 0 Å². The van der Waals surface area contributed by atoms with Crippen LogP contribution in [0.1, 0.15) is 18.4 Å². The number of piperidine rings is 1. The second-order valence-electron chi connectivity index (χ2n) is 4.60. The molecule has 2 nitrogen and oxygen atoms in total. The third-order valence-electron chi connectivity index (χ3n) is 3.32. The van der Waals surface area contributed by atoms with Gasteiger partial charge in [0.25, 0.3) is 0 Å². The predicted molar refractivity (Wildman–Crippen MR) is 69.0 cm³/mol. The number of halogens is 1. The van der Waals surface area contributed by atoms with Gasteiger partial charge >= 0.3 is 0 Å². The first kappa shape index (κ1) is 13.5. The van der Waals surface area contributed by atoms with Crippen molar-refractivity contribution in [1.82, 2.24) is 5.32 Å². The lowest BCUT2D eigenvalue weighted by Crippen LogP contribution is -2.44. The molecule has 1 heterocycles. The van der Waals surface area contributed by atoms with Gasteiger partial charge in [0.05, 0.1) is 6.61 Å². The fourth-order valence-electron chi connectivity index (χ4n) is 2.40. The summed E-state index contributed by atoms with van der Waals surface area (Å²) in [5.41, 5.74) is 1.40. The number of hydrogen-bond donors (Lipinski definition) is 2. The lowest BCUT2D eigenvalue weighted by Gasteiger charge is -2.36. The molecule has 1 aliphatic rings. The normalized spacial score (nSPS) is 24.8. The maximum absolute atomic E-state index is 9.56. The zero-order valence-corrected chi connectivity index (χ0v) is 10.3. The average Bonchev–Trinajstić information content (AvgIpc) is 2.32. The molecule has 2 rings (SSSR count). The maximum Gasteiger partial charge on any atom is 0.0502 e. The number of rotatable bonds is 3. The van der Waals surface area contributed by atoms with Gasteiger partial charge in [0.15, 0.2) is 0 Å². The van der Waals surface area contributed by atoms with E-state index in [1.165, 1.54) is 12.0 Å². The standard InChI is InChI=1S/C13H19NO.ClH/c15-11-13(7-4-8-14-10-13)9-12-5-2-1-3-6-12;/h1-3,5-6,14-15H,4,7-11H2;1H. The molecule has 2 N–H and O–H groups in total. The Bertz CT molecular complexity index is 296. The lowest BCUT2D eigenvalue weighted by atomic mass is 9.76. The van der Waals surface area contributed by atoms with Crippen LogP contribution in [-0.2, 0) is 6.42 Å². The molecule has 1 aliphatic heterocycles. The molecule has 0 bridgehead atoms. The van der Waals surface area contributed by atoms with Gasteiger partial charge in [0.2, 0.25) is 0 Å².